The van der Waals surface area contributed by atoms with Gasteiger partial charge in [0, 0.05) is 30.9 Å². The minimum Gasteiger partial charge on any atom is -0.396 e. The molecule has 0 bridgehead atoms. The number of halogens is 1. The van der Waals surface area contributed by atoms with E-state index in [2.05, 4.69) is 25.2 Å². The first kappa shape index (κ1) is 21.5. The van der Waals surface area contributed by atoms with Crippen molar-refractivity contribution >= 4 is 34.4 Å². The van der Waals surface area contributed by atoms with Gasteiger partial charge in [0.1, 0.15) is 17.8 Å². The highest BCUT2D eigenvalue weighted by Gasteiger charge is 2.39. The van der Waals surface area contributed by atoms with Crippen LogP contribution in [0.1, 0.15) is 37.3 Å². The quantitative estimate of drug-likeness (QED) is 0.446. The Kier molecular flexibility index (Phi) is 6.41. The molecule has 2 aromatic heterocycles. The van der Waals surface area contributed by atoms with E-state index in [0.29, 0.717) is 43.8 Å². The Morgan fingerprint density at radius 1 is 1.26 bits per heavy atom. The Bertz CT molecular complexity index is 1030. The molecule has 1 aromatic carbocycles. The van der Waals surface area contributed by atoms with Gasteiger partial charge >= 0.3 is 0 Å². The number of nitrogens with two attached hydrogens (primary N) is 1. The lowest BCUT2D eigenvalue weighted by atomic mass is 9.86. The number of benzene rings is 1. The molecular weight excluding hydrogens is 416 g/mol. The molecule has 1 amide bonds. The predicted octanol–water partition coefficient (Wildman–Crippen LogP) is 2.54. The van der Waals surface area contributed by atoms with E-state index in [9.17, 15) is 9.90 Å². The van der Waals surface area contributed by atoms with Crippen LogP contribution in [0.3, 0.4) is 0 Å². The van der Waals surface area contributed by atoms with Gasteiger partial charge in [-0.25, -0.2) is 9.97 Å². The number of fused-ring (bicyclic) bond motifs is 1. The van der Waals surface area contributed by atoms with E-state index in [1.54, 1.807) is 18.5 Å². The van der Waals surface area contributed by atoms with Crippen LogP contribution in [0, 0.1) is 0 Å². The molecule has 1 saturated heterocycles. The van der Waals surface area contributed by atoms with E-state index >= 15 is 0 Å². The number of piperidine rings is 1. The number of anilines is 1. The molecule has 3 aromatic rings. The topological polar surface area (TPSA) is 120 Å². The number of aromatic amines is 1. The zero-order valence-corrected chi connectivity index (χ0v) is 18.0. The van der Waals surface area contributed by atoms with E-state index in [1.165, 1.54) is 0 Å². The molecule has 0 saturated carbocycles. The number of H-pyrrole nitrogens is 1. The van der Waals surface area contributed by atoms with Crippen molar-refractivity contribution in [1.29, 1.82) is 0 Å². The molecule has 5 N–H and O–H groups in total. The third-order valence-electron chi connectivity index (χ3n) is 5.97. The molecule has 9 heteroatoms. The number of aliphatic hydroxyl groups is 1. The van der Waals surface area contributed by atoms with Crippen LogP contribution in [-0.4, -0.2) is 51.2 Å². The molecule has 1 atom stereocenters. The molecule has 0 aliphatic carbocycles. The molecular formula is C22H27ClN6O2. The second kappa shape index (κ2) is 9.21. The van der Waals surface area contributed by atoms with Crippen molar-refractivity contribution in [2.24, 2.45) is 5.73 Å². The van der Waals surface area contributed by atoms with Crippen LogP contribution in [0.4, 0.5) is 5.82 Å². The van der Waals surface area contributed by atoms with Gasteiger partial charge in [-0.3, -0.25) is 4.79 Å². The maximum Gasteiger partial charge on any atom is 0.240 e. The Balaban J connectivity index is 1.44. The Hall–Kier alpha value is -2.68. The molecule has 31 heavy (non-hydrogen) atoms. The molecule has 0 radical (unpaired) electrons. The Morgan fingerprint density at radius 2 is 2.00 bits per heavy atom. The molecule has 0 spiro atoms. The fourth-order valence-corrected chi connectivity index (χ4v) is 4.20. The van der Waals surface area contributed by atoms with Crippen LogP contribution in [0.15, 0.2) is 42.9 Å². The maximum atomic E-state index is 13.2. The van der Waals surface area contributed by atoms with Gasteiger partial charge in [0.15, 0.2) is 0 Å². The summed E-state index contributed by atoms with van der Waals surface area (Å²) in [7, 11) is 0. The van der Waals surface area contributed by atoms with E-state index in [-0.39, 0.29) is 18.6 Å². The number of rotatable bonds is 7. The molecule has 0 unspecified atom stereocenters. The highest BCUT2D eigenvalue weighted by Crippen LogP contribution is 2.29. The second-order valence-electron chi connectivity index (χ2n) is 8.02. The first-order chi connectivity index (χ1) is 15.0. The normalized spacial score (nSPS) is 16.9. The van der Waals surface area contributed by atoms with E-state index in [4.69, 9.17) is 17.3 Å². The van der Waals surface area contributed by atoms with Crippen molar-refractivity contribution in [3.05, 3.63) is 53.4 Å². The van der Waals surface area contributed by atoms with Crippen molar-refractivity contribution < 1.29 is 9.90 Å². The molecule has 3 heterocycles. The van der Waals surface area contributed by atoms with Crippen molar-refractivity contribution in [2.45, 2.75) is 37.3 Å². The second-order valence-corrected chi connectivity index (χ2v) is 8.46. The van der Waals surface area contributed by atoms with Gasteiger partial charge in [-0.2, -0.15) is 0 Å². The van der Waals surface area contributed by atoms with Crippen LogP contribution in [0.25, 0.3) is 11.0 Å². The monoisotopic (exact) mass is 442 g/mol. The van der Waals surface area contributed by atoms with Crippen LogP contribution < -0.4 is 16.0 Å². The van der Waals surface area contributed by atoms with E-state index in [0.717, 1.165) is 22.4 Å². The smallest absolute Gasteiger partial charge is 0.240 e. The highest BCUT2D eigenvalue weighted by atomic mass is 35.5. The predicted molar refractivity (Wildman–Crippen MR) is 121 cm³/mol. The lowest BCUT2D eigenvalue weighted by Crippen LogP contribution is -2.60. The number of carbonyl (C=O) groups is 1. The average molecular weight is 443 g/mol. The van der Waals surface area contributed by atoms with E-state index < -0.39 is 5.54 Å². The summed E-state index contributed by atoms with van der Waals surface area (Å²) < 4.78 is 0. The summed E-state index contributed by atoms with van der Waals surface area (Å²) in [5, 5.41) is 14.0. The number of hydrogen-bond acceptors (Lipinski definition) is 6. The molecule has 1 fully saturated rings. The average Bonchev–Trinajstić information content (AvgIpc) is 3.27. The van der Waals surface area contributed by atoms with Gasteiger partial charge < -0.3 is 26.0 Å². The number of nitrogens with zero attached hydrogens (tertiary/aromatic N) is 3. The number of aromatic nitrogens is 3. The SMILES string of the molecule is NC1(C(=O)N[C@@H](CCCO)c2ccc(Cl)cc2)CCN(c2ncnc3[nH]ccc23)CC1. The summed E-state index contributed by atoms with van der Waals surface area (Å²) in [6.07, 6.45) is 5.63. The molecule has 1 aliphatic rings. The van der Waals surface area contributed by atoms with Crippen molar-refractivity contribution in [3.8, 4) is 0 Å². The summed E-state index contributed by atoms with van der Waals surface area (Å²) in [6.45, 7) is 1.32. The van der Waals surface area contributed by atoms with Gasteiger partial charge in [-0.15, -0.1) is 0 Å². The number of hydrogen-bond donors (Lipinski definition) is 4. The first-order valence-electron chi connectivity index (χ1n) is 10.5. The van der Waals surface area contributed by atoms with E-state index in [1.807, 2.05) is 24.4 Å². The molecule has 164 valence electrons. The summed E-state index contributed by atoms with van der Waals surface area (Å²) >= 11 is 6.00. The van der Waals surface area contributed by atoms with Gasteiger partial charge in [0.05, 0.1) is 17.0 Å². The third-order valence-corrected chi connectivity index (χ3v) is 6.22. The largest absolute Gasteiger partial charge is 0.396 e. The van der Waals surface area contributed by atoms with Gasteiger partial charge in [0.25, 0.3) is 0 Å². The van der Waals surface area contributed by atoms with Gasteiger partial charge in [-0.05, 0) is 49.4 Å². The summed E-state index contributed by atoms with van der Waals surface area (Å²) in [5.41, 5.74) is 7.35. The maximum absolute atomic E-state index is 13.2. The highest BCUT2D eigenvalue weighted by molar-refractivity contribution is 6.30. The van der Waals surface area contributed by atoms with Gasteiger partial charge in [0.2, 0.25) is 5.91 Å². The van der Waals surface area contributed by atoms with Crippen LogP contribution in [0.5, 0.6) is 0 Å². The zero-order valence-electron chi connectivity index (χ0n) is 17.2. The van der Waals surface area contributed by atoms with Crippen molar-refractivity contribution in [3.63, 3.8) is 0 Å². The third kappa shape index (κ3) is 4.66. The van der Waals surface area contributed by atoms with Gasteiger partial charge in [-0.1, -0.05) is 23.7 Å². The number of nitrogens with one attached hydrogen (secondary N) is 2. The minimum atomic E-state index is -0.954. The Morgan fingerprint density at radius 3 is 2.71 bits per heavy atom. The van der Waals surface area contributed by atoms with Crippen LogP contribution in [0.2, 0.25) is 5.02 Å². The standard InChI is InChI=1S/C22H27ClN6O2/c23-16-5-3-15(4-6-16)18(2-1-13-30)28-21(31)22(24)8-11-29(12-9-22)20-17-7-10-25-19(17)26-14-27-20/h3-7,10,14,18,30H,1-2,8-9,11-13,24H2,(H,28,31)(H,25,26,27)/t18-/m0/s1. The zero-order chi connectivity index (χ0) is 21.8. The Labute approximate surface area is 185 Å². The first-order valence-corrected chi connectivity index (χ1v) is 10.9. The number of carbonyl (C=O) groups excluding carboxylic acids is 1. The molecule has 8 nitrogen and oxygen atoms in total. The summed E-state index contributed by atoms with van der Waals surface area (Å²) in [5.74, 6) is 0.690. The fourth-order valence-electron chi connectivity index (χ4n) is 4.07. The number of amides is 1. The molecule has 4 rings (SSSR count). The lowest BCUT2D eigenvalue weighted by molar-refractivity contribution is -0.128. The fraction of sp³-hybridized carbons (Fsp3) is 0.409. The van der Waals surface area contributed by atoms with Crippen molar-refractivity contribution in [2.75, 3.05) is 24.6 Å². The molecule has 1 aliphatic heterocycles. The van der Waals surface area contributed by atoms with Crippen LogP contribution >= 0.6 is 11.6 Å². The van der Waals surface area contributed by atoms with Crippen molar-refractivity contribution in [1.82, 2.24) is 20.3 Å². The minimum absolute atomic E-state index is 0.0647. The summed E-state index contributed by atoms with van der Waals surface area (Å²) in [4.78, 5) is 27.1. The lowest BCUT2D eigenvalue weighted by Gasteiger charge is -2.39. The number of aliphatic hydroxyl groups excluding tert-OH is 1. The summed E-state index contributed by atoms with van der Waals surface area (Å²) in [6, 6.07) is 9.13. The van der Waals surface area contributed by atoms with Crippen LogP contribution in [-0.2, 0) is 4.79 Å².